The molecule has 0 heterocycles. The summed E-state index contributed by atoms with van der Waals surface area (Å²) in [5.41, 5.74) is 1.27. The van der Waals surface area contributed by atoms with E-state index < -0.39 is 18.0 Å². The lowest BCUT2D eigenvalue weighted by atomic mass is 10.2. The summed E-state index contributed by atoms with van der Waals surface area (Å²) in [6, 6.07) is 13.1. The Morgan fingerprint density at radius 2 is 1.65 bits per heavy atom. The van der Waals surface area contributed by atoms with Crippen molar-refractivity contribution in [2.75, 3.05) is 17.7 Å². The fraction of sp³-hybridized carbons (Fsp3) is 0.211. The van der Waals surface area contributed by atoms with E-state index in [2.05, 4.69) is 10.6 Å². The Balaban J connectivity index is 1.97. The van der Waals surface area contributed by atoms with Crippen LogP contribution in [0.3, 0.4) is 0 Å². The fourth-order valence-electron chi connectivity index (χ4n) is 2.13. The van der Waals surface area contributed by atoms with Crippen LogP contribution in [0, 0.1) is 0 Å². The molecule has 0 aromatic heterocycles. The van der Waals surface area contributed by atoms with E-state index >= 15 is 0 Å². The standard InChI is InChI=1S/C19H20N2O5/c1-12(18(23)21-15-7-9-17(25-3)10-8-15)26-19(24)14-5-4-6-16(11-14)20-13(2)22/h4-12H,1-3H3,(H,20,22)(H,21,23). The summed E-state index contributed by atoms with van der Waals surface area (Å²) in [5, 5.41) is 5.24. The van der Waals surface area contributed by atoms with Gasteiger partial charge in [0.2, 0.25) is 5.91 Å². The minimum absolute atomic E-state index is 0.236. The number of carbonyl (C=O) groups excluding carboxylic acids is 3. The summed E-state index contributed by atoms with van der Waals surface area (Å²) in [7, 11) is 1.55. The van der Waals surface area contributed by atoms with Gasteiger partial charge in [0.05, 0.1) is 12.7 Å². The molecule has 0 aliphatic rings. The minimum Gasteiger partial charge on any atom is -0.497 e. The third-order valence-electron chi connectivity index (χ3n) is 3.43. The Labute approximate surface area is 151 Å². The number of methoxy groups -OCH3 is 1. The van der Waals surface area contributed by atoms with Crippen molar-refractivity contribution in [2.24, 2.45) is 0 Å². The zero-order valence-electron chi connectivity index (χ0n) is 14.7. The Kier molecular flexibility index (Phi) is 6.32. The van der Waals surface area contributed by atoms with Crippen LogP contribution in [0.25, 0.3) is 0 Å². The molecule has 7 nitrogen and oxygen atoms in total. The summed E-state index contributed by atoms with van der Waals surface area (Å²) in [6.45, 7) is 2.85. The van der Waals surface area contributed by atoms with E-state index in [0.717, 1.165) is 0 Å². The summed E-state index contributed by atoms with van der Waals surface area (Å²) in [5.74, 6) is -0.694. The van der Waals surface area contributed by atoms with Gasteiger partial charge in [-0.1, -0.05) is 6.07 Å². The van der Waals surface area contributed by atoms with Crippen molar-refractivity contribution in [1.29, 1.82) is 0 Å². The highest BCUT2D eigenvalue weighted by Crippen LogP contribution is 2.16. The number of rotatable bonds is 6. The van der Waals surface area contributed by atoms with Crippen molar-refractivity contribution in [1.82, 2.24) is 0 Å². The van der Waals surface area contributed by atoms with Gasteiger partial charge >= 0.3 is 5.97 Å². The lowest BCUT2D eigenvalue weighted by Gasteiger charge is -2.14. The molecule has 0 fully saturated rings. The number of esters is 1. The molecular formula is C19H20N2O5. The van der Waals surface area contributed by atoms with E-state index in [1.807, 2.05) is 0 Å². The Morgan fingerprint density at radius 1 is 0.962 bits per heavy atom. The van der Waals surface area contributed by atoms with E-state index in [-0.39, 0.29) is 11.5 Å². The molecule has 1 unspecified atom stereocenters. The van der Waals surface area contributed by atoms with Crippen LogP contribution < -0.4 is 15.4 Å². The van der Waals surface area contributed by atoms with E-state index in [1.165, 1.54) is 19.9 Å². The van der Waals surface area contributed by atoms with Gasteiger partial charge in [-0.2, -0.15) is 0 Å². The molecule has 7 heteroatoms. The molecule has 0 radical (unpaired) electrons. The second-order valence-electron chi connectivity index (χ2n) is 5.53. The maximum Gasteiger partial charge on any atom is 0.338 e. The molecule has 0 spiro atoms. The maximum absolute atomic E-state index is 12.2. The van der Waals surface area contributed by atoms with Crippen LogP contribution in [0.15, 0.2) is 48.5 Å². The van der Waals surface area contributed by atoms with Gasteiger partial charge < -0.3 is 20.1 Å². The fourth-order valence-corrected chi connectivity index (χ4v) is 2.13. The van der Waals surface area contributed by atoms with Crippen molar-refractivity contribution < 1.29 is 23.9 Å². The van der Waals surface area contributed by atoms with Crippen LogP contribution in [0.5, 0.6) is 5.75 Å². The molecule has 2 amide bonds. The average molecular weight is 356 g/mol. The first kappa shape index (κ1) is 19.0. The number of nitrogens with one attached hydrogen (secondary N) is 2. The van der Waals surface area contributed by atoms with Crippen LogP contribution in [0.2, 0.25) is 0 Å². The second kappa shape index (κ2) is 8.66. The quantitative estimate of drug-likeness (QED) is 0.776. The van der Waals surface area contributed by atoms with Gasteiger partial charge in [-0.15, -0.1) is 0 Å². The molecule has 0 bridgehead atoms. The highest BCUT2D eigenvalue weighted by Gasteiger charge is 2.19. The molecule has 0 aliphatic carbocycles. The first-order valence-electron chi connectivity index (χ1n) is 7.92. The molecule has 0 aliphatic heterocycles. The summed E-state index contributed by atoms with van der Waals surface area (Å²) >= 11 is 0. The number of carbonyl (C=O) groups is 3. The second-order valence-corrected chi connectivity index (χ2v) is 5.53. The molecule has 2 N–H and O–H groups in total. The van der Waals surface area contributed by atoms with E-state index in [0.29, 0.717) is 17.1 Å². The zero-order chi connectivity index (χ0) is 19.1. The monoisotopic (exact) mass is 356 g/mol. The molecule has 26 heavy (non-hydrogen) atoms. The third kappa shape index (κ3) is 5.34. The van der Waals surface area contributed by atoms with Crippen LogP contribution in [-0.2, 0) is 14.3 Å². The predicted octanol–water partition coefficient (Wildman–Crippen LogP) is 2.84. The van der Waals surface area contributed by atoms with Crippen LogP contribution in [-0.4, -0.2) is 31.0 Å². The number of hydrogen-bond donors (Lipinski definition) is 2. The molecule has 136 valence electrons. The van der Waals surface area contributed by atoms with Gasteiger partial charge in [0.15, 0.2) is 6.10 Å². The Bertz CT molecular complexity index is 802. The smallest absolute Gasteiger partial charge is 0.338 e. The van der Waals surface area contributed by atoms with Gasteiger partial charge in [-0.3, -0.25) is 9.59 Å². The summed E-state index contributed by atoms with van der Waals surface area (Å²) in [6.07, 6.45) is -0.992. The van der Waals surface area contributed by atoms with Gasteiger partial charge in [0.25, 0.3) is 5.91 Å². The molecule has 2 rings (SSSR count). The Hall–Kier alpha value is -3.35. The SMILES string of the molecule is COc1ccc(NC(=O)C(C)OC(=O)c2cccc(NC(C)=O)c2)cc1. The topological polar surface area (TPSA) is 93.7 Å². The molecule has 1 atom stereocenters. The minimum atomic E-state index is -0.992. The van der Waals surface area contributed by atoms with Crippen molar-refractivity contribution in [3.63, 3.8) is 0 Å². The van der Waals surface area contributed by atoms with E-state index in [4.69, 9.17) is 9.47 Å². The van der Waals surface area contributed by atoms with Crippen molar-refractivity contribution in [2.45, 2.75) is 20.0 Å². The largest absolute Gasteiger partial charge is 0.497 e. The molecule has 2 aromatic rings. The lowest BCUT2D eigenvalue weighted by Crippen LogP contribution is -2.30. The zero-order valence-corrected chi connectivity index (χ0v) is 14.7. The van der Waals surface area contributed by atoms with Crippen LogP contribution in [0.4, 0.5) is 11.4 Å². The summed E-state index contributed by atoms with van der Waals surface area (Å²) in [4.78, 5) is 35.5. The molecule has 0 saturated carbocycles. The Morgan fingerprint density at radius 3 is 2.27 bits per heavy atom. The first-order chi connectivity index (χ1) is 12.4. The molecule has 0 saturated heterocycles. The van der Waals surface area contributed by atoms with Crippen LogP contribution in [0.1, 0.15) is 24.2 Å². The van der Waals surface area contributed by atoms with Crippen molar-refractivity contribution in [3.8, 4) is 5.75 Å². The normalized spacial score (nSPS) is 11.2. The predicted molar refractivity (Wildman–Crippen MR) is 97.2 cm³/mol. The number of anilines is 2. The number of hydrogen-bond acceptors (Lipinski definition) is 5. The first-order valence-corrected chi connectivity index (χ1v) is 7.92. The lowest BCUT2D eigenvalue weighted by molar-refractivity contribution is -0.123. The molecule has 2 aromatic carbocycles. The number of benzene rings is 2. The maximum atomic E-state index is 12.2. The number of ether oxygens (including phenoxy) is 2. The average Bonchev–Trinajstić information content (AvgIpc) is 2.62. The number of amides is 2. The summed E-state index contributed by atoms with van der Waals surface area (Å²) < 4.78 is 10.2. The van der Waals surface area contributed by atoms with Gasteiger partial charge in [-0.05, 0) is 49.4 Å². The highest BCUT2D eigenvalue weighted by atomic mass is 16.5. The third-order valence-corrected chi connectivity index (χ3v) is 3.43. The van der Waals surface area contributed by atoms with Crippen LogP contribution >= 0.6 is 0 Å². The van der Waals surface area contributed by atoms with Gasteiger partial charge in [-0.25, -0.2) is 4.79 Å². The van der Waals surface area contributed by atoms with Gasteiger partial charge in [0.1, 0.15) is 5.75 Å². The highest BCUT2D eigenvalue weighted by molar-refractivity contribution is 5.98. The van der Waals surface area contributed by atoms with E-state index in [9.17, 15) is 14.4 Å². The van der Waals surface area contributed by atoms with Crippen molar-refractivity contribution >= 4 is 29.2 Å². The molecular weight excluding hydrogens is 336 g/mol. The van der Waals surface area contributed by atoms with Gasteiger partial charge in [0, 0.05) is 18.3 Å². The van der Waals surface area contributed by atoms with E-state index in [1.54, 1.807) is 49.6 Å². The van der Waals surface area contributed by atoms with Crippen molar-refractivity contribution in [3.05, 3.63) is 54.1 Å².